The second-order valence-electron chi connectivity index (χ2n) is 7.36. The Labute approximate surface area is 176 Å². The van der Waals surface area contributed by atoms with Gasteiger partial charge >= 0.3 is 5.97 Å². The third kappa shape index (κ3) is 4.84. The van der Waals surface area contributed by atoms with Gasteiger partial charge in [-0.3, -0.25) is 14.5 Å². The Balaban J connectivity index is 1.56. The van der Waals surface area contributed by atoms with Crippen molar-refractivity contribution < 1.29 is 14.3 Å². The number of benzene rings is 1. The molecule has 0 bridgehead atoms. The highest BCUT2D eigenvalue weighted by molar-refractivity contribution is 6.05. The predicted octanol–water partition coefficient (Wildman–Crippen LogP) is 3.28. The molecule has 0 spiro atoms. The molecule has 0 fully saturated rings. The average molecular weight is 409 g/mol. The third-order valence-corrected chi connectivity index (χ3v) is 5.08. The van der Waals surface area contributed by atoms with Crippen molar-refractivity contribution >= 4 is 22.8 Å². The number of hydrogen-bond donors (Lipinski definition) is 1. The number of esters is 1. The van der Waals surface area contributed by atoms with Crippen LogP contribution in [0.25, 0.3) is 10.9 Å². The van der Waals surface area contributed by atoms with E-state index < -0.39 is 5.97 Å². The Bertz CT molecular complexity index is 1070. The van der Waals surface area contributed by atoms with Crippen molar-refractivity contribution in [1.82, 2.24) is 20.1 Å². The van der Waals surface area contributed by atoms with Gasteiger partial charge in [-0.25, -0.2) is 4.79 Å². The van der Waals surface area contributed by atoms with Crippen LogP contribution in [0.2, 0.25) is 0 Å². The minimum Gasteiger partial charge on any atom is -0.452 e. The van der Waals surface area contributed by atoms with Crippen molar-refractivity contribution in [2.24, 2.45) is 0 Å². The fraction of sp³-hybridized carbons (Fsp3) is 0.391. The third-order valence-electron chi connectivity index (χ3n) is 5.08. The van der Waals surface area contributed by atoms with Crippen LogP contribution in [-0.4, -0.2) is 39.8 Å². The maximum atomic E-state index is 12.8. The number of hydrogen-bond acceptors (Lipinski definition) is 5. The monoisotopic (exact) mass is 408 g/mol. The molecule has 0 saturated carbocycles. The van der Waals surface area contributed by atoms with Gasteiger partial charge in [-0.2, -0.15) is 5.10 Å². The van der Waals surface area contributed by atoms with E-state index in [1.165, 1.54) is 0 Å². The largest absolute Gasteiger partial charge is 0.452 e. The van der Waals surface area contributed by atoms with Crippen molar-refractivity contribution in [3.8, 4) is 0 Å². The number of nitrogens with one attached hydrogen (secondary N) is 1. The zero-order valence-corrected chi connectivity index (χ0v) is 18.0. The van der Waals surface area contributed by atoms with E-state index in [1.54, 1.807) is 0 Å². The van der Waals surface area contributed by atoms with Gasteiger partial charge in [-0.15, -0.1) is 0 Å². The van der Waals surface area contributed by atoms with Crippen molar-refractivity contribution in [2.75, 3.05) is 13.2 Å². The lowest BCUT2D eigenvalue weighted by molar-refractivity contribution is -0.124. The quantitative estimate of drug-likeness (QED) is 0.457. The molecule has 158 valence electrons. The van der Waals surface area contributed by atoms with Gasteiger partial charge in [0.15, 0.2) is 6.61 Å². The van der Waals surface area contributed by atoms with E-state index in [0.29, 0.717) is 18.5 Å². The Morgan fingerprint density at radius 3 is 2.63 bits per heavy atom. The fourth-order valence-corrected chi connectivity index (χ4v) is 3.58. The fourth-order valence-electron chi connectivity index (χ4n) is 3.58. The number of rotatable bonds is 8. The van der Waals surface area contributed by atoms with Crippen LogP contribution in [-0.2, 0) is 22.5 Å². The molecule has 2 heterocycles. The second kappa shape index (κ2) is 9.52. The minimum absolute atomic E-state index is 0.309. The summed E-state index contributed by atoms with van der Waals surface area (Å²) in [4.78, 5) is 29.5. The van der Waals surface area contributed by atoms with Crippen LogP contribution < -0.4 is 5.32 Å². The van der Waals surface area contributed by atoms with Crippen LogP contribution in [0.1, 0.15) is 46.3 Å². The van der Waals surface area contributed by atoms with Gasteiger partial charge in [0.1, 0.15) is 0 Å². The van der Waals surface area contributed by atoms with Gasteiger partial charge in [0, 0.05) is 29.9 Å². The first-order valence-electron chi connectivity index (χ1n) is 10.2. The number of aromatic nitrogens is 3. The molecule has 3 rings (SSSR count). The smallest absolute Gasteiger partial charge is 0.339 e. The Kier molecular flexibility index (Phi) is 6.82. The number of carbonyl (C=O) groups excluding carboxylic acids is 2. The van der Waals surface area contributed by atoms with Gasteiger partial charge in [-0.1, -0.05) is 25.1 Å². The first-order valence-corrected chi connectivity index (χ1v) is 10.2. The summed E-state index contributed by atoms with van der Waals surface area (Å²) in [6.07, 6.45) is 1.46. The minimum atomic E-state index is -0.501. The summed E-state index contributed by atoms with van der Waals surface area (Å²) in [7, 11) is 0. The standard InChI is InChI=1S/C23H28N4O3/c1-5-19-17(4)22(18-9-6-7-10-20(18)25-19)23(29)30-14-21(28)24-11-8-12-27-16(3)13-15(2)26-27/h6-7,9-10,13H,5,8,11-12,14H2,1-4H3,(H,24,28). The Morgan fingerprint density at radius 1 is 1.17 bits per heavy atom. The van der Waals surface area contributed by atoms with Gasteiger partial charge < -0.3 is 10.1 Å². The van der Waals surface area contributed by atoms with Crippen LogP contribution in [0.4, 0.5) is 0 Å². The molecule has 1 N–H and O–H groups in total. The van der Waals surface area contributed by atoms with Crippen LogP contribution in [0.3, 0.4) is 0 Å². The number of para-hydroxylation sites is 1. The van der Waals surface area contributed by atoms with E-state index in [0.717, 1.165) is 46.5 Å². The van der Waals surface area contributed by atoms with Crippen LogP contribution >= 0.6 is 0 Å². The molecule has 0 aliphatic carbocycles. The first kappa shape index (κ1) is 21.5. The highest BCUT2D eigenvalue weighted by Gasteiger charge is 2.19. The summed E-state index contributed by atoms with van der Waals surface area (Å²) in [5.41, 5.74) is 4.96. The molecule has 0 atom stereocenters. The number of nitrogens with zero attached hydrogens (tertiary/aromatic N) is 3. The van der Waals surface area contributed by atoms with Crippen LogP contribution in [0.15, 0.2) is 30.3 Å². The predicted molar refractivity (Wildman–Crippen MR) is 115 cm³/mol. The normalized spacial score (nSPS) is 10.9. The van der Waals surface area contributed by atoms with E-state index in [9.17, 15) is 9.59 Å². The van der Waals surface area contributed by atoms with E-state index in [1.807, 2.05) is 62.7 Å². The number of amides is 1. The molecular formula is C23H28N4O3. The molecule has 2 aromatic heterocycles. The van der Waals surface area contributed by atoms with E-state index in [-0.39, 0.29) is 12.5 Å². The number of fused-ring (bicyclic) bond motifs is 1. The molecule has 0 radical (unpaired) electrons. The summed E-state index contributed by atoms with van der Waals surface area (Å²) in [5, 5.41) is 7.93. The molecule has 1 aromatic carbocycles. The summed E-state index contributed by atoms with van der Waals surface area (Å²) < 4.78 is 7.24. The van der Waals surface area contributed by atoms with Gasteiger partial charge in [0.2, 0.25) is 0 Å². The van der Waals surface area contributed by atoms with E-state index >= 15 is 0 Å². The number of aryl methyl sites for hydroxylation is 4. The van der Waals surface area contributed by atoms with Gasteiger partial charge in [0.05, 0.1) is 16.8 Å². The molecule has 30 heavy (non-hydrogen) atoms. The molecule has 0 unspecified atom stereocenters. The van der Waals surface area contributed by atoms with Crippen LogP contribution in [0.5, 0.6) is 0 Å². The lowest BCUT2D eigenvalue weighted by atomic mass is 10.0. The van der Waals surface area contributed by atoms with E-state index in [4.69, 9.17) is 4.74 Å². The van der Waals surface area contributed by atoms with Crippen molar-refractivity contribution in [2.45, 2.75) is 47.1 Å². The highest BCUT2D eigenvalue weighted by Crippen LogP contribution is 2.24. The number of ether oxygens (including phenoxy) is 1. The summed E-state index contributed by atoms with van der Waals surface area (Å²) in [5.74, 6) is -0.818. The molecule has 0 aliphatic heterocycles. The molecule has 3 aromatic rings. The second-order valence-corrected chi connectivity index (χ2v) is 7.36. The molecule has 0 aliphatic rings. The van der Waals surface area contributed by atoms with Crippen molar-refractivity contribution in [1.29, 1.82) is 0 Å². The highest BCUT2D eigenvalue weighted by atomic mass is 16.5. The molecule has 7 nitrogen and oxygen atoms in total. The van der Waals surface area contributed by atoms with Crippen molar-refractivity contribution in [3.05, 3.63) is 58.5 Å². The zero-order chi connectivity index (χ0) is 21.7. The molecule has 1 amide bonds. The van der Waals surface area contributed by atoms with Crippen molar-refractivity contribution in [3.63, 3.8) is 0 Å². The van der Waals surface area contributed by atoms with Gasteiger partial charge in [0.25, 0.3) is 5.91 Å². The SMILES string of the molecule is CCc1nc2ccccc2c(C(=O)OCC(=O)NCCCn2nc(C)cc2C)c1C. The Hall–Kier alpha value is -3.22. The van der Waals surface area contributed by atoms with E-state index in [2.05, 4.69) is 15.4 Å². The zero-order valence-electron chi connectivity index (χ0n) is 18.0. The molecule has 0 saturated heterocycles. The lowest BCUT2D eigenvalue weighted by Crippen LogP contribution is -2.30. The summed E-state index contributed by atoms with van der Waals surface area (Å²) in [6, 6.07) is 9.50. The maximum Gasteiger partial charge on any atom is 0.339 e. The first-order chi connectivity index (χ1) is 14.4. The topological polar surface area (TPSA) is 86.1 Å². The summed E-state index contributed by atoms with van der Waals surface area (Å²) in [6.45, 7) is 8.74. The summed E-state index contributed by atoms with van der Waals surface area (Å²) >= 11 is 0. The lowest BCUT2D eigenvalue weighted by Gasteiger charge is -2.13. The number of pyridine rings is 1. The maximum absolute atomic E-state index is 12.8. The molecular weight excluding hydrogens is 380 g/mol. The molecule has 7 heteroatoms. The average Bonchev–Trinajstić information content (AvgIpc) is 3.05. The van der Waals surface area contributed by atoms with Gasteiger partial charge in [-0.05, 0) is 51.3 Å². The Morgan fingerprint density at radius 2 is 1.93 bits per heavy atom. The van der Waals surface area contributed by atoms with Crippen LogP contribution in [0, 0.1) is 20.8 Å². The number of carbonyl (C=O) groups is 2.